The largest absolute Gasteiger partial charge is 0.460 e. The van der Waals surface area contributed by atoms with Crippen LogP contribution in [0.1, 0.15) is 17.5 Å². The molecule has 0 amide bonds. The van der Waals surface area contributed by atoms with Crippen LogP contribution in [0.25, 0.3) is 11.4 Å². The number of anilines is 1. The molecular weight excluding hydrogens is 260 g/mol. The monoisotopic (exact) mass is 276 g/mol. The fourth-order valence-electron chi connectivity index (χ4n) is 1.62. The molecule has 0 saturated carbocycles. The number of nitrogens with zero attached hydrogens (tertiary/aromatic N) is 2. The van der Waals surface area contributed by atoms with Gasteiger partial charge in [0.15, 0.2) is 5.82 Å². The number of esters is 1. The molecule has 1 heterocycles. The quantitative estimate of drug-likeness (QED) is 0.682. The fraction of sp³-hybridized carbons (Fsp3) is 0.308. The average molecular weight is 276 g/mol. The number of nitrogens with one attached hydrogen (secondary N) is 2. The van der Waals surface area contributed by atoms with Crippen LogP contribution >= 0.6 is 0 Å². The lowest BCUT2D eigenvalue weighted by Crippen LogP contribution is -2.06. The van der Waals surface area contributed by atoms with Gasteiger partial charge in [0, 0.05) is 17.8 Å². The normalized spacial score (nSPS) is 10.3. The Balaban J connectivity index is 2.09. The van der Waals surface area contributed by atoms with E-state index in [4.69, 9.17) is 9.84 Å². The number of carbonyl (C=O) groups is 1. The van der Waals surface area contributed by atoms with E-state index in [1.165, 1.54) is 0 Å². The van der Waals surface area contributed by atoms with Crippen molar-refractivity contribution in [1.82, 2.24) is 15.2 Å². The van der Waals surface area contributed by atoms with Crippen LogP contribution in [0, 0.1) is 0 Å². The van der Waals surface area contributed by atoms with Crippen molar-refractivity contribution in [3.63, 3.8) is 0 Å². The Kier molecular flexibility index (Phi) is 4.67. The lowest BCUT2D eigenvalue weighted by molar-refractivity contribution is 0.0512. The second-order valence-corrected chi connectivity index (χ2v) is 3.96. The molecule has 0 fully saturated rings. The SMILES string of the molecule is CCOC(=O)c1nc(-c2ccc(NCCO)cc2)n[nH]1. The Morgan fingerprint density at radius 1 is 1.40 bits per heavy atom. The number of aromatic nitrogens is 3. The minimum Gasteiger partial charge on any atom is -0.460 e. The molecule has 20 heavy (non-hydrogen) atoms. The van der Waals surface area contributed by atoms with Crippen molar-refractivity contribution in [1.29, 1.82) is 0 Å². The summed E-state index contributed by atoms with van der Waals surface area (Å²) in [5.74, 6) is -0.00132. The Morgan fingerprint density at radius 3 is 2.80 bits per heavy atom. The zero-order valence-corrected chi connectivity index (χ0v) is 11.1. The number of hydrogen-bond donors (Lipinski definition) is 3. The Morgan fingerprint density at radius 2 is 2.15 bits per heavy atom. The smallest absolute Gasteiger partial charge is 0.375 e. The van der Waals surface area contributed by atoms with E-state index in [-0.39, 0.29) is 12.4 Å². The molecule has 7 nitrogen and oxygen atoms in total. The number of benzene rings is 1. The van der Waals surface area contributed by atoms with Crippen LogP contribution < -0.4 is 5.32 Å². The minimum atomic E-state index is -0.521. The Bertz CT molecular complexity index is 565. The highest BCUT2D eigenvalue weighted by Gasteiger charge is 2.13. The number of H-pyrrole nitrogens is 1. The maximum atomic E-state index is 11.5. The number of rotatable bonds is 6. The van der Waals surface area contributed by atoms with Crippen LogP contribution in [-0.4, -0.2) is 46.0 Å². The van der Waals surface area contributed by atoms with Crippen molar-refractivity contribution in [3.8, 4) is 11.4 Å². The summed E-state index contributed by atoms with van der Waals surface area (Å²) in [7, 11) is 0. The van der Waals surface area contributed by atoms with Crippen LogP contribution in [0.15, 0.2) is 24.3 Å². The van der Waals surface area contributed by atoms with E-state index in [1.807, 2.05) is 24.3 Å². The summed E-state index contributed by atoms with van der Waals surface area (Å²) in [5, 5.41) is 18.3. The van der Waals surface area contributed by atoms with Crippen LogP contribution in [0.2, 0.25) is 0 Å². The number of ether oxygens (including phenoxy) is 1. The highest BCUT2D eigenvalue weighted by atomic mass is 16.5. The van der Waals surface area contributed by atoms with Gasteiger partial charge in [-0.15, -0.1) is 0 Å². The molecule has 0 radical (unpaired) electrons. The first-order valence-corrected chi connectivity index (χ1v) is 6.29. The number of aromatic amines is 1. The van der Waals surface area contributed by atoms with Gasteiger partial charge < -0.3 is 15.2 Å². The molecule has 0 atom stereocenters. The lowest BCUT2D eigenvalue weighted by atomic mass is 10.2. The summed E-state index contributed by atoms with van der Waals surface area (Å²) in [5.41, 5.74) is 1.68. The van der Waals surface area contributed by atoms with E-state index in [2.05, 4.69) is 20.5 Å². The summed E-state index contributed by atoms with van der Waals surface area (Å²) in [6, 6.07) is 7.37. The molecule has 106 valence electrons. The predicted octanol–water partition coefficient (Wildman–Crippen LogP) is 1.05. The summed E-state index contributed by atoms with van der Waals surface area (Å²) in [6.45, 7) is 2.59. The summed E-state index contributed by atoms with van der Waals surface area (Å²) in [4.78, 5) is 15.6. The molecule has 0 bridgehead atoms. The van der Waals surface area contributed by atoms with Gasteiger partial charge in [-0.2, -0.15) is 5.10 Å². The van der Waals surface area contributed by atoms with Crippen molar-refractivity contribution in [2.75, 3.05) is 25.1 Å². The second-order valence-electron chi connectivity index (χ2n) is 3.96. The topological polar surface area (TPSA) is 100 Å². The molecule has 0 unspecified atom stereocenters. The summed E-state index contributed by atoms with van der Waals surface area (Å²) in [6.07, 6.45) is 0. The van der Waals surface area contributed by atoms with Crippen molar-refractivity contribution >= 4 is 11.7 Å². The lowest BCUT2D eigenvalue weighted by Gasteiger charge is -2.04. The third kappa shape index (κ3) is 3.33. The van der Waals surface area contributed by atoms with Gasteiger partial charge in [-0.3, -0.25) is 5.10 Å². The molecule has 0 saturated heterocycles. The van der Waals surface area contributed by atoms with Crippen molar-refractivity contribution in [3.05, 3.63) is 30.1 Å². The van der Waals surface area contributed by atoms with Gasteiger partial charge in [0.1, 0.15) is 0 Å². The molecule has 2 aromatic rings. The maximum Gasteiger partial charge on any atom is 0.375 e. The third-order valence-corrected chi connectivity index (χ3v) is 2.54. The Labute approximate surface area is 116 Å². The number of hydrogen-bond acceptors (Lipinski definition) is 6. The van der Waals surface area contributed by atoms with Gasteiger partial charge in [0.05, 0.1) is 13.2 Å². The highest BCUT2D eigenvalue weighted by Crippen LogP contribution is 2.17. The molecule has 0 spiro atoms. The van der Waals surface area contributed by atoms with E-state index in [9.17, 15) is 4.79 Å². The standard InChI is InChI=1S/C13H16N4O3/c1-2-20-13(19)12-15-11(16-17-12)9-3-5-10(6-4-9)14-7-8-18/h3-6,14,18H,2,7-8H2,1H3,(H,15,16,17). The molecule has 1 aromatic heterocycles. The zero-order valence-electron chi connectivity index (χ0n) is 11.1. The van der Waals surface area contributed by atoms with Gasteiger partial charge in [0.2, 0.25) is 5.82 Å². The van der Waals surface area contributed by atoms with Crippen LogP contribution in [0.4, 0.5) is 5.69 Å². The van der Waals surface area contributed by atoms with E-state index in [0.29, 0.717) is 19.0 Å². The molecule has 0 aliphatic rings. The molecule has 0 aliphatic carbocycles. The van der Waals surface area contributed by atoms with Crippen molar-refractivity contribution in [2.45, 2.75) is 6.92 Å². The van der Waals surface area contributed by atoms with Crippen LogP contribution in [-0.2, 0) is 4.74 Å². The zero-order chi connectivity index (χ0) is 14.4. The van der Waals surface area contributed by atoms with Gasteiger partial charge in [0.25, 0.3) is 0 Å². The maximum absolute atomic E-state index is 11.5. The van der Waals surface area contributed by atoms with Gasteiger partial charge in [-0.1, -0.05) is 0 Å². The molecule has 3 N–H and O–H groups in total. The third-order valence-electron chi connectivity index (χ3n) is 2.54. The number of aliphatic hydroxyl groups is 1. The van der Waals surface area contributed by atoms with E-state index in [0.717, 1.165) is 11.3 Å². The first-order valence-electron chi connectivity index (χ1n) is 6.29. The summed E-state index contributed by atoms with van der Waals surface area (Å²) >= 11 is 0. The van der Waals surface area contributed by atoms with E-state index in [1.54, 1.807) is 6.92 Å². The Hall–Kier alpha value is -2.41. The minimum absolute atomic E-state index is 0.0750. The number of carbonyl (C=O) groups excluding carboxylic acids is 1. The second kappa shape index (κ2) is 6.67. The first-order chi connectivity index (χ1) is 9.74. The van der Waals surface area contributed by atoms with Gasteiger partial charge in [-0.05, 0) is 31.2 Å². The first kappa shape index (κ1) is 14.0. The van der Waals surface area contributed by atoms with Crippen LogP contribution in [0.3, 0.4) is 0 Å². The molecular formula is C13H16N4O3. The van der Waals surface area contributed by atoms with Crippen LogP contribution in [0.5, 0.6) is 0 Å². The fourth-order valence-corrected chi connectivity index (χ4v) is 1.62. The molecule has 0 aliphatic heterocycles. The van der Waals surface area contributed by atoms with E-state index >= 15 is 0 Å². The summed E-state index contributed by atoms with van der Waals surface area (Å²) < 4.78 is 4.83. The van der Waals surface area contributed by atoms with Gasteiger partial charge in [-0.25, -0.2) is 9.78 Å². The predicted molar refractivity (Wildman–Crippen MR) is 73.4 cm³/mol. The number of aliphatic hydroxyl groups excluding tert-OH is 1. The van der Waals surface area contributed by atoms with Crippen molar-refractivity contribution < 1.29 is 14.6 Å². The highest BCUT2D eigenvalue weighted by molar-refractivity contribution is 5.85. The molecule has 7 heteroatoms. The molecule has 1 aromatic carbocycles. The van der Waals surface area contributed by atoms with E-state index < -0.39 is 5.97 Å². The van der Waals surface area contributed by atoms with Gasteiger partial charge >= 0.3 is 5.97 Å². The molecule has 2 rings (SSSR count). The van der Waals surface area contributed by atoms with Crippen molar-refractivity contribution in [2.24, 2.45) is 0 Å². The average Bonchev–Trinajstić information content (AvgIpc) is 2.96.